The molecule has 0 N–H and O–H groups in total. The summed E-state index contributed by atoms with van der Waals surface area (Å²) in [6, 6.07) is 10.6. The van der Waals surface area contributed by atoms with Crippen molar-refractivity contribution in [3.05, 3.63) is 51.7 Å². The molecule has 0 unspecified atom stereocenters. The van der Waals surface area contributed by atoms with Crippen LogP contribution in [0.15, 0.2) is 40.3 Å². The lowest BCUT2D eigenvalue weighted by Crippen LogP contribution is -2.36. The third-order valence-electron chi connectivity index (χ3n) is 4.10. The number of likely N-dealkylation sites (tertiary alicyclic amines) is 1. The predicted octanol–water partition coefficient (Wildman–Crippen LogP) is 5.17. The Bertz CT molecular complexity index is 859. The van der Waals surface area contributed by atoms with Gasteiger partial charge in [-0.3, -0.25) is 4.79 Å². The van der Waals surface area contributed by atoms with Gasteiger partial charge < -0.3 is 9.32 Å². The molecule has 0 saturated carbocycles. The Balaban J connectivity index is 1.84. The van der Waals surface area contributed by atoms with Crippen molar-refractivity contribution >= 4 is 35.2 Å². The standard InChI is InChI=1S/C19H16Cl2N2O2/c20-14-4-6-16(17(21)11-14)18-7-5-15(25-18)10-13(12-22)19(24)23-8-2-1-3-9-23/h4-7,10-11H,1-3,8-9H2/b13-10-. The molecule has 1 saturated heterocycles. The van der Waals surface area contributed by atoms with Crippen molar-refractivity contribution in [2.45, 2.75) is 19.3 Å². The maximum atomic E-state index is 12.5. The van der Waals surface area contributed by atoms with Gasteiger partial charge in [0.05, 0.1) is 5.02 Å². The molecule has 1 aromatic carbocycles. The molecular weight excluding hydrogens is 359 g/mol. The Hall–Kier alpha value is -2.22. The molecule has 6 heteroatoms. The molecule has 2 heterocycles. The summed E-state index contributed by atoms with van der Waals surface area (Å²) in [7, 11) is 0. The van der Waals surface area contributed by atoms with Gasteiger partial charge in [-0.15, -0.1) is 0 Å². The van der Waals surface area contributed by atoms with Gasteiger partial charge in [-0.1, -0.05) is 23.2 Å². The zero-order valence-corrected chi connectivity index (χ0v) is 15.0. The van der Waals surface area contributed by atoms with Crippen molar-refractivity contribution in [2.75, 3.05) is 13.1 Å². The van der Waals surface area contributed by atoms with Gasteiger partial charge in [-0.2, -0.15) is 5.26 Å². The van der Waals surface area contributed by atoms with E-state index in [1.807, 2.05) is 6.07 Å². The largest absolute Gasteiger partial charge is 0.457 e. The van der Waals surface area contributed by atoms with Crippen LogP contribution in [0.2, 0.25) is 10.0 Å². The molecular formula is C19H16Cl2N2O2. The molecule has 1 aliphatic rings. The summed E-state index contributed by atoms with van der Waals surface area (Å²) in [5.74, 6) is 0.739. The summed E-state index contributed by atoms with van der Waals surface area (Å²) in [5, 5.41) is 10.4. The zero-order valence-electron chi connectivity index (χ0n) is 13.5. The number of benzene rings is 1. The van der Waals surface area contributed by atoms with Crippen LogP contribution in [0.5, 0.6) is 0 Å². The van der Waals surface area contributed by atoms with Crippen molar-refractivity contribution in [1.29, 1.82) is 5.26 Å². The van der Waals surface area contributed by atoms with Gasteiger partial charge in [0.2, 0.25) is 0 Å². The molecule has 1 amide bonds. The maximum absolute atomic E-state index is 12.5. The van der Waals surface area contributed by atoms with Gasteiger partial charge in [0.15, 0.2) is 0 Å². The van der Waals surface area contributed by atoms with E-state index in [1.54, 1.807) is 35.2 Å². The average molecular weight is 375 g/mol. The smallest absolute Gasteiger partial charge is 0.264 e. The lowest BCUT2D eigenvalue weighted by atomic mass is 10.1. The summed E-state index contributed by atoms with van der Waals surface area (Å²) in [6.45, 7) is 1.39. The average Bonchev–Trinajstić information content (AvgIpc) is 3.08. The summed E-state index contributed by atoms with van der Waals surface area (Å²) in [4.78, 5) is 14.2. The molecule has 1 aliphatic heterocycles. The second kappa shape index (κ2) is 7.77. The van der Waals surface area contributed by atoms with Crippen LogP contribution in [0.1, 0.15) is 25.0 Å². The molecule has 0 spiro atoms. The number of nitrogens with zero attached hydrogens (tertiary/aromatic N) is 2. The second-order valence-electron chi connectivity index (χ2n) is 5.85. The monoisotopic (exact) mass is 374 g/mol. The lowest BCUT2D eigenvalue weighted by Gasteiger charge is -2.26. The van der Waals surface area contributed by atoms with Gasteiger partial charge in [0, 0.05) is 29.8 Å². The van der Waals surface area contributed by atoms with Crippen molar-refractivity contribution < 1.29 is 9.21 Å². The minimum Gasteiger partial charge on any atom is -0.457 e. The second-order valence-corrected chi connectivity index (χ2v) is 6.69. The highest BCUT2D eigenvalue weighted by atomic mass is 35.5. The molecule has 25 heavy (non-hydrogen) atoms. The fourth-order valence-electron chi connectivity index (χ4n) is 2.82. The first-order chi connectivity index (χ1) is 12.1. The van der Waals surface area contributed by atoms with E-state index >= 15 is 0 Å². The molecule has 0 aliphatic carbocycles. The number of halogens is 2. The molecule has 0 atom stereocenters. The van der Waals surface area contributed by atoms with Crippen LogP contribution in [0, 0.1) is 11.3 Å². The van der Waals surface area contributed by atoms with Crippen LogP contribution >= 0.6 is 23.2 Å². The summed E-state index contributed by atoms with van der Waals surface area (Å²) < 4.78 is 5.73. The molecule has 4 nitrogen and oxygen atoms in total. The third-order valence-corrected chi connectivity index (χ3v) is 4.65. The fourth-order valence-corrected chi connectivity index (χ4v) is 3.32. The molecule has 3 rings (SSSR count). The Labute approximate surface area is 156 Å². The van der Waals surface area contributed by atoms with Crippen molar-refractivity contribution in [3.8, 4) is 17.4 Å². The number of rotatable bonds is 3. The van der Waals surface area contributed by atoms with Gasteiger partial charge >= 0.3 is 0 Å². The molecule has 0 bridgehead atoms. The predicted molar refractivity (Wildman–Crippen MR) is 98.2 cm³/mol. The number of nitriles is 1. The Morgan fingerprint density at radius 1 is 1.16 bits per heavy atom. The van der Waals surface area contributed by atoms with Crippen LogP contribution < -0.4 is 0 Å². The van der Waals surface area contributed by atoms with E-state index in [-0.39, 0.29) is 11.5 Å². The Morgan fingerprint density at radius 3 is 2.60 bits per heavy atom. The van der Waals surface area contributed by atoms with Crippen molar-refractivity contribution in [2.24, 2.45) is 0 Å². The zero-order chi connectivity index (χ0) is 17.8. The molecule has 2 aromatic rings. The maximum Gasteiger partial charge on any atom is 0.264 e. The molecule has 1 aromatic heterocycles. The van der Waals surface area contributed by atoms with E-state index in [2.05, 4.69) is 0 Å². The Morgan fingerprint density at radius 2 is 1.92 bits per heavy atom. The lowest BCUT2D eigenvalue weighted by molar-refractivity contribution is -0.127. The molecule has 0 radical (unpaired) electrons. The minimum atomic E-state index is -0.246. The Kier molecular flexibility index (Phi) is 5.47. The third kappa shape index (κ3) is 4.07. The number of hydrogen-bond donors (Lipinski definition) is 0. The first-order valence-corrected chi connectivity index (χ1v) is 8.80. The summed E-state index contributed by atoms with van der Waals surface area (Å²) >= 11 is 12.1. The topological polar surface area (TPSA) is 57.2 Å². The van der Waals surface area contributed by atoms with Crippen LogP contribution in [0.3, 0.4) is 0 Å². The number of furan rings is 1. The number of hydrogen-bond acceptors (Lipinski definition) is 3. The highest BCUT2D eigenvalue weighted by Crippen LogP contribution is 2.32. The minimum absolute atomic E-state index is 0.0741. The quantitative estimate of drug-likeness (QED) is 0.549. The van der Waals surface area contributed by atoms with Crippen LogP contribution in [-0.2, 0) is 4.79 Å². The highest BCUT2D eigenvalue weighted by Gasteiger charge is 2.20. The van der Waals surface area contributed by atoms with Crippen molar-refractivity contribution in [3.63, 3.8) is 0 Å². The van der Waals surface area contributed by atoms with Gasteiger partial charge in [0.25, 0.3) is 5.91 Å². The van der Waals surface area contributed by atoms with E-state index in [4.69, 9.17) is 27.6 Å². The van der Waals surface area contributed by atoms with E-state index in [0.29, 0.717) is 40.2 Å². The highest BCUT2D eigenvalue weighted by molar-refractivity contribution is 6.36. The molecule has 128 valence electrons. The number of carbonyl (C=O) groups is 1. The summed E-state index contributed by atoms with van der Waals surface area (Å²) in [6.07, 6.45) is 4.55. The molecule has 1 fully saturated rings. The van der Waals surface area contributed by atoms with E-state index in [1.165, 1.54) is 6.08 Å². The first-order valence-electron chi connectivity index (χ1n) is 8.05. The normalized spacial score (nSPS) is 15.1. The SMILES string of the molecule is N#C/C(=C/c1ccc(-c2ccc(Cl)cc2Cl)o1)C(=O)N1CCCCC1. The number of amides is 1. The number of piperidine rings is 1. The van der Waals surface area contributed by atoms with Crippen LogP contribution in [-0.4, -0.2) is 23.9 Å². The van der Waals surface area contributed by atoms with Crippen molar-refractivity contribution in [1.82, 2.24) is 4.90 Å². The first kappa shape index (κ1) is 17.6. The van der Waals surface area contributed by atoms with E-state index in [9.17, 15) is 10.1 Å². The van der Waals surface area contributed by atoms with Crippen LogP contribution in [0.25, 0.3) is 17.4 Å². The number of carbonyl (C=O) groups excluding carboxylic acids is 1. The fraction of sp³-hybridized carbons (Fsp3) is 0.263. The van der Waals surface area contributed by atoms with Gasteiger partial charge in [-0.25, -0.2) is 0 Å². The van der Waals surface area contributed by atoms with E-state index < -0.39 is 0 Å². The van der Waals surface area contributed by atoms with Gasteiger partial charge in [0.1, 0.15) is 23.2 Å². The summed E-state index contributed by atoms with van der Waals surface area (Å²) in [5.41, 5.74) is 0.775. The van der Waals surface area contributed by atoms with E-state index in [0.717, 1.165) is 19.3 Å². The van der Waals surface area contributed by atoms with Gasteiger partial charge in [-0.05, 0) is 49.6 Å². The van der Waals surface area contributed by atoms with Crippen LogP contribution in [0.4, 0.5) is 0 Å².